The van der Waals surface area contributed by atoms with Crippen molar-refractivity contribution in [3.05, 3.63) is 52.9 Å². The molecule has 0 spiro atoms. The van der Waals surface area contributed by atoms with Gasteiger partial charge in [-0.05, 0) is 45.6 Å². The first-order valence-corrected chi connectivity index (χ1v) is 11.7. The molecule has 9 nitrogen and oxygen atoms in total. The molecule has 0 unspecified atom stereocenters. The first-order valence-electron chi connectivity index (χ1n) is 11.7. The molecule has 9 heteroatoms. The Morgan fingerprint density at radius 3 is 2.61 bits per heavy atom. The molecule has 4 aromatic rings. The second kappa shape index (κ2) is 7.54. The summed E-state index contributed by atoms with van der Waals surface area (Å²) in [6, 6.07) is 1.98. The molecule has 2 saturated carbocycles. The zero-order valence-corrected chi connectivity index (χ0v) is 19.2. The lowest BCUT2D eigenvalue weighted by molar-refractivity contribution is 0.102. The second-order valence-electron chi connectivity index (χ2n) is 9.33. The predicted octanol–water partition coefficient (Wildman–Crippen LogP) is 3.75. The zero-order chi connectivity index (χ0) is 22.7. The van der Waals surface area contributed by atoms with Crippen molar-refractivity contribution in [2.24, 2.45) is 7.05 Å². The van der Waals surface area contributed by atoms with Crippen LogP contribution < -0.4 is 5.32 Å². The lowest BCUT2D eigenvalue weighted by Gasteiger charge is -2.08. The number of fused-ring (bicyclic) bond motifs is 1. The van der Waals surface area contributed by atoms with E-state index >= 15 is 0 Å². The van der Waals surface area contributed by atoms with Crippen molar-refractivity contribution in [3.8, 4) is 0 Å². The van der Waals surface area contributed by atoms with Gasteiger partial charge in [0.1, 0.15) is 0 Å². The van der Waals surface area contributed by atoms with Crippen molar-refractivity contribution in [2.45, 2.75) is 64.5 Å². The van der Waals surface area contributed by atoms with Gasteiger partial charge in [0.15, 0.2) is 5.65 Å². The number of aromatic nitrogens is 7. The molecule has 0 bridgehead atoms. The molecule has 4 heterocycles. The third-order valence-corrected chi connectivity index (χ3v) is 6.64. The Kier molecular flexibility index (Phi) is 4.60. The highest BCUT2D eigenvalue weighted by Gasteiger charge is 2.33. The number of aryl methyl sites for hydroxylation is 3. The first kappa shape index (κ1) is 20.1. The molecule has 170 valence electrons. The third kappa shape index (κ3) is 3.71. The van der Waals surface area contributed by atoms with Crippen molar-refractivity contribution in [2.75, 3.05) is 5.32 Å². The quantitative estimate of drug-likeness (QED) is 0.468. The summed E-state index contributed by atoms with van der Waals surface area (Å²) in [4.78, 5) is 18.3. The Labute approximate surface area is 191 Å². The normalized spacial score (nSPS) is 16.0. The summed E-state index contributed by atoms with van der Waals surface area (Å²) in [6.07, 6.45) is 10.1. The molecule has 4 aromatic heterocycles. The highest BCUT2D eigenvalue weighted by molar-refractivity contribution is 6.12. The summed E-state index contributed by atoms with van der Waals surface area (Å²) in [5.41, 5.74) is 6.27. The number of hydrogen-bond acceptors (Lipinski definition) is 5. The summed E-state index contributed by atoms with van der Waals surface area (Å²) >= 11 is 0. The van der Waals surface area contributed by atoms with Gasteiger partial charge in [-0.15, -0.1) is 0 Å². The van der Waals surface area contributed by atoms with Crippen LogP contribution >= 0.6 is 0 Å². The van der Waals surface area contributed by atoms with E-state index in [1.807, 2.05) is 46.5 Å². The second-order valence-corrected chi connectivity index (χ2v) is 9.33. The minimum atomic E-state index is -0.131. The standard InChI is InChI=1S/C24H28N8O/c1-4-31-11-17(14(2)28-31)12-32-13-18(10-25-32)26-24(33)19-9-20(15-5-6-15)27-23-21(19)22(16-7-8-16)29-30(23)3/h9-11,13,15-16H,4-8,12H2,1-3H3,(H,26,33). The molecule has 6 rings (SSSR count). The SMILES string of the molecule is CCn1cc(Cn2cc(NC(=O)c3cc(C4CC4)nc4c3c(C3CC3)nn4C)cn2)c(C)n1. The fourth-order valence-electron chi connectivity index (χ4n) is 4.47. The summed E-state index contributed by atoms with van der Waals surface area (Å²) < 4.78 is 5.59. The van der Waals surface area contributed by atoms with E-state index in [1.54, 1.807) is 6.20 Å². The Morgan fingerprint density at radius 2 is 1.91 bits per heavy atom. The molecule has 2 aliphatic carbocycles. The number of pyridine rings is 1. The van der Waals surface area contributed by atoms with Crippen LogP contribution in [0.4, 0.5) is 5.69 Å². The van der Waals surface area contributed by atoms with Crippen molar-refractivity contribution < 1.29 is 4.79 Å². The van der Waals surface area contributed by atoms with Gasteiger partial charge in [-0.25, -0.2) is 4.98 Å². The highest BCUT2D eigenvalue weighted by atomic mass is 16.1. The van der Waals surface area contributed by atoms with E-state index in [-0.39, 0.29) is 5.91 Å². The minimum Gasteiger partial charge on any atom is -0.319 e. The Bertz CT molecular complexity index is 1370. The van der Waals surface area contributed by atoms with Crippen LogP contribution in [0.15, 0.2) is 24.7 Å². The Balaban J connectivity index is 1.29. The zero-order valence-electron chi connectivity index (χ0n) is 19.2. The highest BCUT2D eigenvalue weighted by Crippen LogP contribution is 2.45. The lowest BCUT2D eigenvalue weighted by atomic mass is 10.0. The number of rotatable bonds is 7. The number of carbonyl (C=O) groups is 1. The van der Waals surface area contributed by atoms with E-state index < -0.39 is 0 Å². The van der Waals surface area contributed by atoms with E-state index in [1.165, 1.54) is 0 Å². The maximum absolute atomic E-state index is 13.5. The van der Waals surface area contributed by atoms with Crippen LogP contribution in [0.1, 0.15) is 77.4 Å². The van der Waals surface area contributed by atoms with Crippen LogP contribution in [0.25, 0.3) is 11.0 Å². The average Bonchev–Trinajstić information content (AvgIpc) is 3.73. The molecular formula is C24H28N8O. The fraction of sp³-hybridized carbons (Fsp3) is 0.458. The van der Waals surface area contributed by atoms with Gasteiger partial charge in [0, 0.05) is 49.1 Å². The molecular weight excluding hydrogens is 416 g/mol. The number of nitrogens with zero attached hydrogens (tertiary/aromatic N) is 7. The average molecular weight is 445 g/mol. The van der Waals surface area contributed by atoms with Crippen molar-refractivity contribution in [3.63, 3.8) is 0 Å². The lowest BCUT2D eigenvalue weighted by Crippen LogP contribution is -2.13. The van der Waals surface area contributed by atoms with Crippen molar-refractivity contribution in [1.82, 2.24) is 34.3 Å². The van der Waals surface area contributed by atoms with Gasteiger partial charge in [-0.2, -0.15) is 15.3 Å². The topological polar surface area (TPSA) is 95.5 Å². The molecule has 0 aromatic carbocycles. The fourth-order valence-corrected chi connectivity index (χ4v) is 4.47. The predicted molar refractivity (Wildman–Crippen MR) is 124 cm³/mol. The van der Waals surface area contributed by atoms with E-state index in [4.69, 9.17) is 10.1 Å². The molecule has 2 aliphatic rings. The largest absolute Gasteiger partial charge is 0.319 e. The summed E-state index contributed by atoms with van der Waals surface area (Å²) in [7, 11) is 1.92. The summed E-state index contributed by atoms with van der Waals surface area (Å²) in [6.45, 7) is 5.52. The molecule has 33 heavy (non-hydrogen) atoms. The van der Waals surface area contributed by atoms with Gasteiger partial charge in [0.25, 0.3) is 5.91 Å². The van der Waals surface area contributed by atoms with Gasteiger partial charge >= 0.3 is 0 Å². The molecule has 0 atom stereocenters. The number of carbonyl (C=O) groups excluding carboxylic acids is 1. The van der Waals surface area contributed by atoms with Crippen LogP contribution in [0.2, 0.25) is 0 Å². The maximum Gasteiger partial charge on any atom is 0.256 e. The molecule has 0 aliphatic heterocycles. The number of anilines is 1. The van der Waals surface area contributed by atoms with Crippen molar-refractivity contribution >= 4 is 22.6 Å². The van der Waals surface area contributed by atoms with Crippen LogP contribution in [-0.2, 0) is 20.1 Å². The van der Waals surface area contributed by atoms with Crippen LogP contribution in [0.5, 0.6) is 0 Å². The van der Waals surface area contributed by atoms with Gasteiger partial charge in [0.2, 0.25) is 0 Å². The molecule has 0 saturated heterocycles. The number of hydrogen-bond donors (Lipinski definition) is 1. The monoisotopic (exact) mass is 444 g/mol. The molecule has 0 radical (unpaired) electrons. The van der Waals surface area contributed by atoms with E-state index in [2.05, 4.69) is 22.4 Å². The Morgan fingerprint density at radius 1 is 1.12 bits per heavy atom. The van der Waals surface area contributed by atoms with E-state index in [9.17, 15) is 4.79 Å². The van der Waals surface area contributed by atoms with Crippen LogP contribution in [0.3, 0.4) is 0 Å². The first-order chi connectivity index (χ1) is 16.0. The van der Waals surface area contributed by atoms with E-state index in [0.717, 1.165) is 65.9 Å². The van der Waals surface area contributed by atoms with Crippen LogP contribution in [-0.4, -0.2) is 40.2 Å². The third-order valence-electron chi connectivity index (χ3n) is 6.64. The van der Waals surface area contributed by atoms with E-state index in [0.29, 0.717) is 29.6 Å². The van der Waals surface area contributed by atoms with Gasteiger partial charge in [-0.1, -0.05) is 0 Å². The molecule has 2 fully saturated rings. The van der Waals surface area contributed by atoms with Gasteiger partial charge in [-0.3, -0.25) is 18.8 Å². The van der Waals surface area contributed by atoms with Crippen LogP contribution in [0, 0.1) is 6.92 Å². The van der Waals surface area contributed by atoms with Gasteiger partial charge < -0.3 is 5.32 Å². The minimum absolute atomic E-state index is 0.131. The summed E-state index contributed by atoms with van der Waals surface area (Å²) in [5.74, 6) is 0.757. The number of nitrogens with one attached hydrogen (secondary N) is 1. The smallest absolute Gasteiger partial charge is 0.256 e. The maximum atomic E-state index is 13.5. The summed E-state index contributed by atoms with van der Waals surface area (Å²) in [5, 5.41) is 17.6. The number of amides is 1. The van der Waals surface area contributed by atoms with Gasteiger partial charge in [0.05, 0.1) is 40.8 Å². The molecule has 1 amide bonds. The molecule has 1 N–H and O–H groups in total. The Hall–Kier alpha value is -3.49. The van der Waals surface area contributed by atoms with Crippen molar-refractivity contribution in [1.29, 1.82) is 0 Å².